The van der Waals surface area contributed by atoms with E-state index in [0.717, 1.165) is 37.7 Å². The average molecular weight is 348 g/mol. The molecule has 1 amide bonds. The zero-order chi connectivity index (χ0) is 16.9. The number of carbonyl (C=O) groups is 1. The zero-order valence-corrected chi connectivity index (χ0v) is 14.4. The summed E-state index contributed by atoms with van der Waals surface area (Å²) in [7, 11) is 0. The Morgan fingerprint density at radius 3 is 2.58 bits per heavy atom. The summed E-state index contributed by atoms with van der Waals surface area (Å²) in [6.07, 6.45) is 2.56. The lowest BCUT2D eigenvalue weighted by molar-refractivity contribution is -0.121. The minimum Gasteiger partial charge on any atom is -0.346 e. The molecule has 24 heavy (non-hydrogen) atoms. The molecular formula is C17H21FN4OS. The van der Waals surface area contributed by atoms with Crippen molar-refractivity contribution in [3.63, 3.8) is 0 Å². The molecule has 0 radical (unpaired) electrons. The van der Waals surface area contributed by atoms with Crippen LogP contribution in [0.5, 0.6) is 0 Å². The molecule has 5 nitrogen and oxygen atoms in total. The van der Waals surface area contributed by atoms with Gasteiger partial charge in [0.15, 0.2) is 5.13 Å². The van der Waals surface area contributed by atoms with Gasteiger partial charge in [-0.3, -0.25) is 9.69 Å². The van der Waals surface area contributed by atoms with Crippen LogP contribution >= 0.6 is 11.3 Å². The SMILES string of the molecule is CC[C@H](C(=O)Nc1ccc(F)cc1)N1CCN(c2nccs2)CC1. The van der Waals surface area contributed by atoms with Crippen LogP contribution < -0.4 is 10.2 Å². The number of rotatable bonds is 5. The summed E-state index contributed by atoms with van der Waals surface area (Å²) in [4.78, 5) is 21.4. The average Bonchev–Trinajstić information content (AvgIpc) is 3.13. The molecule has 3 rings (SSSR count). The van der Waals surface area contributed by atoms with Gasteiger partial charge in [0, 0.05) is 43.4 Å². The lowest BCUT2D eigenvalue weighted by Gasteiger charge is -2.38. The Kier molecular flexibility index (Phi) is 5.42. The Hall–Kier alpha value is -1.99. The van der Waals surface area contributed by atoms with Gasteiger partial charge in [-0.15, -0.1) is 11.3 Å². The van der Waals surface area contributed by atoms with Gasteiger partial charge in [0.2, 0.25) is 5.91 Å². The van der Waals surface area contributed by atoms with Gasteiger partial charge in [0.25, 0.3) is 0 Å². The third kappa shape index (κ3) is 3.91. The quantitative estimate of drug-likeness (QED) is 0.903. The first kappa shape index (κ1) is 16.9. The molecule has 7 heteroatoms. The number of anilines is 2. The highest BCUT2D eigenvalue weighted by atomic mass is 32.1. The van der Waals surface area contributed by atoms with Gasteiger partial charge >= 0.3 is 0 Å². The molecule has 1 N–H and O–H groups in total. The second kappa shape index (κ2) is 7.72. The minimum atomic E-state index is -0.307. The molecule has 1 aromatic heterocycles. The molecule has 2 aromatic rings. The van der Waals surface area contributed by atoms with E-state index in [2.05, 4.69) is 20.1 Å². The summed E-state index contributed by atoms with van der Waals surface area (Å²) >= 11 is 1.64. The van der Waals surface area contributed by atoms with Crippen molar-refractivity contribution in [3.05, 3.63) is 41.7 Å². The largest absolute Gasteiger partial charge is 0.346 e. The van der Waals surface area contributed by atoms with E-state index in [9.17, 15) is 9.18 Å². The number of thiazole rings is 1. The van der Waals surface area contributed by atoms with Crippen LogP contribution in [0.2, 0.25) is 0 Å². The van der Waals surface area contributed by atoms with Gasteiger partial charge in [-0.05, 0) is 30.7 Å². The molecule has 1 fully saturated rings. The topological polar surface area (TPSA) is 48.5 Å². The molecule has 128 valence electrons. The van der Waals surface area contributed by atoms with Crippen molar-refractivity contribution in [3.8, 4) is 0 Å². The van der Waals surface area contributed by atoms with Gasteiger partial charge in [-0.2, -0.15) is 0 Å². The number of carbonyl (C=O) groups excluding carboxylic acids is 1. The van der Waals surface area contributed by atoms with Crippen LogP contribution in [-0.4, -0.2) is 48.0 Å². The van der Waals surface area contributed by atoms with Gasteiger partial charge < -0.3 is 10.2 Å². The number of benzene rings is 1. The van der Waals surface area contributed by atoms with Crippen molar-refractivity contribution in [1.82, 2.24) is 9.88 Å². The molecule has 0 bridgehead atoms. The molecule has 0 saturated carbocycles. The number of nitrogens with one attached hydrogen (secondary N) is 1. The molecule has 2 heterocycles. The number of hydrogen-bond acceptors (Lipinski definition) is 5. The number of aromatic nitrogens is 1. The minimum absolute atomic E-state index is 0.0354. The Morgan fingerprint density at radius 2 is 2.00 bits per heavy atom. The van der Waals surface area contributed by atoms with Crippen LogP contribution in [0.1, 0.15) is 13.3 Å². The summed E-state index contributed by atoms with van der Waals surface area (Å²) in [5, 5.41) is 5.90. The first-order valence-corrected chi connectivity index (χ1v) is 9.00. The predicted molar refractivity (Wildman–Crippen MR) is 95.0 cm³/mol. The van der Waals surface area contributed by atoms with Crippen LogP contribution in [-0.2, 0) is 4.79 Å². The highest BCUT2D eigenvalue weighted by molar-refractivity contribution is 7.13. The van der Waals surface area contributed by atoms with E-state index in [1.165, 1.54) is 12.1 Å². The molecule has 1 atom stereocenters. The van der Waals surface area contributed by atoms with E-state index in [1.54, 1.807) is 23.5 Å². The van der Waals surface area contributed by atoms with E-state index in [-0.39, 0.29) is 17.8 Å². The summed E-state index contributed by atoms with van der Waals surface area (Å²) in [5.41, 5.74) is 0.626. The van der Waals surface area contributed by atoms with Crippen LogP contribution in [0.15, 0.2) is 35.8 Å². The van der Waals surface area contributed by atoms with Crippen molar-refractivity contribution >= 4 is 28.1 Å². The van der Waals surface area contributed by atoms with E-state index in [4.69, 9.17) is 0 Å². The van der Waals surface area contributed by atoms with Crippen molar-refractivity contribution in [2.45, 2.75) is 19.4 Å². The number of hydrogen-bond donors (Lipinski definition) is 1. The number of piperazine rings is 1. The van der Waals surface area contributed by atoms with Gasteiger partial charge in [0.05, 0.1) is 6.04 Å². The third-order valence-electron chi connectivity index (χ3n) is 4.25. The summed E-state index contributed by atoms with van der Waals surface area (Å²) < 4.78 is 13.0. The predicted octanol–water partition coefficient (Wildman–Crippen LogP) is 2.82. The molecular weight excluding hydrogens is 327 g/mol. The molecule has 0 aliphatic carbocycles. The Morgan fingerprint density at radius 1 is 1.29 bits per heavy atom. The first-order chi connectivity index (χ1) is 11.7. The van der Waals surface area contributed by atoms with Crippen LogP contribution in [0.25, 0.3) is 0 Å². The Bertz CT molecular complexity index is 654. The Balaban J connectivity index is 1.58. The van der Waals surface area contributed by atoms with Crippen LogP contribution in [0.3, 0.4) is 0 Å². The standard InChI is InChI=1S/C17H21FN4OS/c1-2-15(16(23)20-14-5-3-13(18)4-6-14)21-8-10-22(11-9-21)17-19-7-12-24-17/h3-7,12,15H,2,8-11H2,1H3,(H,20,23)/t15-/m1/s1. The highest BCUT2D eigenvalue weighted by Crippen LogP contribution is 2.20. The summed E-state index contributed by atoms with van der Waals surface area (Å²) in [5.74, 6) is -0.342. The second-order valence-corrected chi connectivity index (χ2v) is 6.63. The van der Waals surface area contributed by atoms with Gasteiger partial charge in [0.1, 0.15) is 5.82 Å². The lowest BCUT2D eigenvalue weighted by Crippen LogP contribution is -2.53. The van der Waals surface area contributed by atoms with E-state index >= 15 is 0 Å². The fourth-order valence-electron chi connectivity index (χ4n) is 2.97. The fourth-order valence-corrected chi connectivity index (χ4v) is 3.66. The van der Waals surface area contributed by atoms with E-state index < -0.39 is 0 Å². The maximum absolute atomic E-state index is 13.0. The number of amides is 1. The van der Waals surface area contributed by atoms with Gasteiger partial charge in [-0.1, -0.05) is 6.92 Å². The highest BCUT2D eigenvalue weighted by Gasteiger charge is 2.28. The lowest BCUT2D eigenvalue weighted by atomic mass is 10.1. The second-order valence-electron chi connectivity index (χ2n) is 5.76. The normalized spacial score (nSPS) is 16.8. The molecule has 1 aromatic carbocycles. The van der Waals surface area contributed by atoms with Crippen molar-refractivity contribution in [1.29, 1.82) is 0 Å². The maximum Gasteiger partial charge on any atom is 0.241 e. The molecule has 1 saturated heterocycles. The molecule has 0 spiro atoms. The van der Waals surface area contributed by atoms with Crippen molar-refractivity contribution in [2.75, 3.05) is 36.4 Å². The fraction of sp³-hybridized carbons (Fsp3) is 0.412. The molecule has 1 aliphatic heterocycles. The van der Waals surface area contributed by atoms with Crippen molar-refractivity contribution in [2.24, 2.45) is 0 Å². The van der Waals surface area contributed by atoms with Crippen molar-refractivity contribution < 1.29 is 9.18 Å². The summed E-state index contributed by atoms with van der Waals surface area (Å²) in [6, 6.07) is 5.70. The number of nitrogens with zero attached hydrogens (tertiary/aromatic N) is 3. The molecule has 0 unspecified atom stereocenters. The molecule has 1 aliphatic rings. The van der Waals surface area contributed by atoms with E-state index in [0.29, 0.717) is 5.69 Å². The Labute approximate surface area is 145 Å². The first-order valence-electron chi connectivity index (χ1n) is 8.12. The maximum atomic E-state index is 13.0. The zero-order valence-electron chi connectivity index (χ0n) is 13.6. The third-order valence-corrected chi connectivity index (χ3v) is 5.08. The summed E-state index contributed by atoms with van der Waals surface area (Å²) in [6.45, 7) is 5.41. The van der Waals surface area contributed by atoms with Crippen LogP contribution in [0.4, 0.5) is 15.2 Å². The van der Waals surface area contributed by atoms with Crippen LogP contribution in [0, 0.1) is 5.82 Å². The number of halogens is 1. The van der Waals surface area contributed by atoms with E-state index in [1.807, 2.05) is 18.5 Å². The van der Waals surface area contributed by atoms with Gasteiger partial charge in [-0.25, -0.2) is 9.37 Å². The smallest absolute Gasteiger partial charge is 0.241 e. The monoisotopic (exact) mass is 348 g/mol.